The van der Waals surface area contributed by atoms with Gasteiger partial charge in [0.05, 0.1) is 15.5 Å². The molecular weight excluding hydrogens is 376 g/mol. The highest BCUT2D eigenvalue weighted by atomic mass is 35.5. The minimum absolute atomic E-state index is 0.0171. The molecule has 8 heteroatoms. The third-order valence-electron chi connectivity index (χ3n) is 4.10. The lowest BCUT2D eigenvalue weighted by Gasteiger charge is -2.17. The molecular formula is C18H17ClN2O4S. The van der Waals surface area contributed by atoms with Gasteiger partial charge in [-0.25, -0.2) is 8.42 Å². The average Bonchev–Trinajstić information content (AvgIpc) is 3.00. The first-order valence-corrected chi connectivity index (χ1v) is 10.2. The van der Waals surface area contributed by atoms with E-state index in [1.807, 2.05) is 0 Å². The SMILES string of the molecule is CS(=O)(=O)c1ccc(Cl)c(C(=O)Nc2cccc(N3CCCC3=O)c2)c1. The first-order chi connectivity index (χ1) is 12.3. The quantitative estimate of drug-likeness (QED) is 0.866. The Kier molecular flexibility index (Phi) is 5.02. The Hall–Kier alpha value is -2.38. The number of carbonyl (C=O) groups excluding carboxylic acids is 2. The van der Waals surface area contributed by atoms with Crippen LogP contribution in [-0.4, -0.2) is 33.0 Å². The zero-order chi connectivity index (χ0) is 18.9. The molecule has 2 aromatic carbocycles. The van der Waals surface area contributed by atoms with Gasteiger partial charge in [0.25, 0.3) is 5.91 Å². The zero-order valence-electron chi connectivity index (χ0n) is 14.0. The molecule has 0 atom stereocenters. The predicted molar refractivity (Wildman–Crippen MR) is 101 cm³/mol. The molecule has 1 aliphatic rings. The Morgan fingerprint density at radius 2 is 1.96 bits per heavy atom. The van der Waals surface area contributed by atoms with Gasteiger partial charge in [-0.05, 0) is 42.8 Å². The minimum Gasteiger partial charge on any atom is -0.322 e. The topological polar surface area (TPSA) is 83.6 Å². The van der Waals surface area contributed by atoms with Gasteiger partial charge in [-0.2, -0.15) is 0 Å². The molecule has 1 N–H and O–H groups in total. The molecule has 0 aliphatic carbocycles. The molecule has 0 radical (unpaired) electrons. The van der Waals surface area contributed by atoms with Crippen LogP contribution in [0, 0.1) is 0 Å². The number of carbonyl (C=O) groups is 2. The Morgan fingerprint density at radius 3 is 2.62 bits per heavy atom. The lowest BCUT2D eigenvalue weighted by molar-refractivity contribution is -0.117. The molecule has 0 saturated carbocycles. The Morgan fingerprint density at radius 1 is 1.19 bits per heavy atom. The second-order valence-corrected chi connectivity index (χ2v) is 8.49. The first kappa shape index (κ1) is 18.4. The van der Waals surface area contributed by atoms with E-state index in [0.717, 1.165) is 12.7 Å². The van der Waals surface area contributed by atoms with Crippen molar-refractivity contribution in [3.8, 4) is 0 Å². The third-order valence-corrected chi connectivity index (χ3v) is 5.54. The average molecular weight is 393 g/mol. The van der Waals surface area contributed by atoms with E-state index in [0.29, 0.717) is 24.3 Å². The smallest absolute Gasteiger partial charge is 0.257 e. The van der Waals surface area contributed by atoms with Crippen LogP contribution in [0.4, 0.5) is 11.4 Å². The standard InChI is InChI=1S/C18H17ClN2O4S/c1-26(24,25)14-7-8-16(19)15(11-14)18(23)20-12-4-2-5-13(10-12)21-9-3-6-17(21)22/h2,4-5,7-8,10-11H,3,6,9H2,1H3,(H,20,23). The molecule has 0 unspecified atom stereocenters. The van der Waals surface area contributed by atoms with E-state index < -0.39 is 15.7 Å². The monoisotopic (exact) mass is 392 g/mol. The lowest BCUT2D eigenvalue weighted by atomic mass is 10.2. The summed E-state index contributed by atoms with van der Waals surface area (Å²) in [5, 5.41) is 2.85. The molecule has 6 nitrogen and oxygen atoms in total. The van der Waals surface area contributed by atoms with Gasteiger partial charge >= 0.3 is 0 Å². The normalized spacial score (nSPS) is 14.5. The van der Waals surface area contributed by atoms with E-state index in [1.54, 1.807) is 29.2 Å². The number of benzene rings is 2. The van der Waals surface area contributed by atoms with Gasteiger partial charge in [0.15, 0.2) is 9.84 Å². The number of anilines is 2. The zero-order valence-corrected chi connectivity index (χ0v) is 15.6. The van der Waals surface area contributed by atoms with E-state index in [4.69, 9.17) is 11.6 Å². The summed E-state index contributed by atoms with van der Waals surface area (Å²) in [6.07, 6.45) is 2.39. The molecule has 2 aromatic rings. The van der Waals surface area contributed by atoms with Gasteiger partial charge < -0.3 is 10.2 Å². The summed E-state index contributed by atoms with van der Waals surface area (Å²) in [5.41, 5.74) is 1.27. The molecule has 1 aliphatic heterocycles. The van der Waals surface area contributed by atoms with Gasteiger partial charge in [0, 0.05) is 30.6 Å². The van der Waals surface area contributed by atoms with Crippen molar-refractivity contribution in [3.05, 3.63) is 53.1 Å². The van der Waals surface area contributed by atoms with Crippen molar-refractivity contribution >= 4 is 44.6 Å². The van der Waals surface area contributed by atoms with Gasteiger partial charge in [0.1, 0.15) is 0 Å². The van der Waals surface area contributed by atoms with Crippen molar-refractivity contribution in [2.45, 2.75) is 17.7 Å². The summed E-state index contributed by atoms with van der Waals surface area (Å²) < 4.78 is 23.4. The highest BCUT2D eigenvalue weighted by Gasteiger charge is 2.22. The van der Waals surface area contributed by atoms with Crippen LogP contribution < -0.4 is 10.2 Å². The summed E-state index contributed by atoms with van der Waals surface area (Å²) >= 11 is 6.05. The molecule has 26 heavy (non-hydrogen) atoms. The fraction of sp³-hybridized carbons (Fsp3) is 0.222. The summed E-state index contributed by atoms with van der Waals surface area (Å²) in [6.45, 7) is 0.651. The van der Waals surface area contributed by atoms with E-state index in [1.165, 1.54) is 18.2 Å². The summed E-state index contributed by atoms with van der Waals surface area (Å²) in [6, 6.07) is 10.9. The lowest BCUT2D eigenvalue weighted by Crippen LogP contribution is -2.23. The van der Waals surface area contributed by atoms with Gasteiger partial charge in [0.2, 0.25) is 5.91 Å². The number of nitrogens with zero attached hydrogens (tertiary/aromatic N) is 1. The second-order valence-electron chi connectivity index (χ2n) is 6.07. The van der Waals surface area contributed by atoms with Gasteiger partial charge in [-0.15, -0.1) is 0 Å². The number of rotatable bonds is 4. The Balaban J connectivity index is 1.86. The molecule has 136 valence electrons. The van der Waals surface area contributed by atoms with Crippen LogP contribution in [0.1, 0.15) is 23.2 Å². The van der Waals surface area contributed by atoms with Crippen molar-refractivity contribution in [2.75, 3.05) is 23.0 Å². The highest BCUT2D eigenvalue weighted by molar-refractivity contribution is 7.90. The Labute approximate surface area is 156 Å². The largest absolute Gasteiger partial charge is 0.322 e. The fourth-order valence-corrected chi connectivity index (χ4v) is 3.63. The molecule has 3 rings (SSSR count). The van der Waals surface area contributed by atoms with Crippen molar-refractivity contribution in [2.24, 2.45) is 0 Å². The van der Waals surface area contributed by atoms with Gasteiger partial charge in [-0.1, -0.05) is 17.7 Å². The van der Waals surface area contributed by atoms with Crippen LogP contribution >= 0.6 is 11.6 Å². The highest BCUT2D eigenvalue weighted by Crippen LogP contribution is 2.26. The maximum Gasteiger partial charge on any atom is 0.257 e. The van der Waals surface area contributed by atoms with Crippen LogP contribution in [0.2, 0.25) is 5.02 Å². The van der Waals surface area contributed by atoms with Gasteiger partial charge in [-0.3, -0.25) is 9.59 Å². The third kappa shape index (κ3) is 3.89. The van der Waals surface area contributed by atoms with Crippen molar-refractivity contribution in [1.29, 1.82) is 0 Å². The van der Waals surface area contributed by atoms with Crippen molar-refractivity contribution < 1.29 is 18.0 Å². The maximum atomic E-state index is 12.5. The molecule has 0 aromatic heterocycles. The summed E-state index contributed by atoms with van der Waals surface area (Å²) in [5.74, 6) is -0.470. The van der Waals surface area contributed by atoms with E-state index >= 15 is 0 Å². The number of nitrogens with one attached hydrogen (secondary N) is 1. The fourth-order valence-electron chi connectivity index (χ4n) is 2.78. The van der Waals surface area contributed by atoms with Crippen LogP contribution in [0.25, 0.3) is 0 Å². The minimum atomic E-state index is -3.46. The van der Waals surface area contributed by atoms with E-state index in [2.05, 4.69) is 5.32 Å². The van der Waals surface area contributed by atoms with Crippen LogP contribution in [0.3, 0.4) is 0 Å². The molecule has 2 amide bonds. The number of halogens is 1. The molecule has 0 spiro atoms. The van der Waals surface area contributed by atoms with E-state index in [9.17, 15) is 18.0 Å². The Bertz CT molecular complexity index is 988. The van der Waals surface area contributed by atoms with E-state index in [-0.39, 0.29) is 21.4 Å². The van der Waals surface area contributed by atoms with Crippen LogP contribution in [-0.2, 0) is 14.6 Å². The maximum absolute atomic E-state index is 12.5. The first-order valence-electron chi connectivity index (χ1n) is 7.97. The summed E-state index contributed by atoms with van der Waals surface area (Å²) in [7, 11) is -3.46. The number of hydrogen-bond donors (Lipinski definition) is 1. The van der Waals surface area contributed by atoms with Crippen molar-refractivity contribution in [3.63, 3.8) is 0 Å². The molecule has 1 fully saturated rings. The van der Waals surface area contributed by atoms with Crippen molar-refractivity contribution in [1.82, 2.24) is 0 Å². The molecule has 0 bridgehead atoms. The second kappa shape index (κ2) is 7.09. The van der Waals surface area contributed by atoms with Crippen LogP contribution in [0.5, 0.6) is 0 Å². The number of amides is 2. The summed E-state index contributed by atoms with van der Waals surface area (Å²) in [4.78, 5) is 26.1. The molecule has 1 heterocycles. The molecule has 1 saturated heterocycles. The predicted octanol–water partition coefficient (Wildman–Crippen LogP) is 3.12. The van der Waals surface area contributed by atoms with Crippen LogP contribution in [0.15, 0.2) is 47.4 Å². The number of hydrogen-bond acceptors (Lipinski definition) is 4. The number of sulfone groups is 1.